The first-order valence-corrected chi connectivity index (χ1v) is 5.31. The van der Waals surface area contributed by atoms with Crippen molar-refractivity contribution in [3.05, 3.63) is 0 Å². The van der Waals surface area contributed by atoms with Crippen molar-refractivity contribution in [1.29, 1.82) is 5.26 Å². The molecule has 0 amide bonds. The molecular formula is C13H21N. The summed E-state index contributed by atoms with van der Waals surface area (Å²) in [6, 6.07) is 2.40. The Labute approximate surface area is 88.5 Å². The summed E-state index contributed by atoms with van der Waals surface area (Å²) in [6.07, 6.45) is 6.50. The molecule has 0 N–H and O–H groups in total. The highest BCUT2D eigenvalue weighted by Crippen LogP contribution is 2.39. The average Bonchev–Trinajstić information content (AvgIpc) is 2.24. The number of hydrogen-bond donors (Lipinski definition) is 0. The average molecular weight is 191 g/mol. The Hall–Kier alpha value is -0.950. The van der Waals surface area contributed by atoms with Crippen LogP contribution in [-0.2, 0) is 0 Å². The van der Waals surface area contributed by atoms with Crippen LogP contribution in [0.1, 0.15) is 41.0 Å². The molecule has 0 radical (unpaired) electrons. The maximum atomic E-state index is 9.26. The Kier molecular flexibility index (Phi) is 4.72. The molecule has 0 saturated carbocycles. The van der Waals surface area contributed by atoms with Crippen molar-refractivity contribution in [3.8, 4) is 18.4 Å². The third-order valence-corrected chi connectivity index (χ3v) is 3.83. The van der Waals surface area contributed by atoms with Gasteiger partial charge in [0.1, 0.15) is 0 Å². The predicted molar refractivity (Wildman–Crippen MR) is 60.3 cm³/mol. The van der Waals surface area contributed by atoms with Gasteiger partial charge in [0.2, 0.25) is 0 Å². The van der Waals surface area contributed by atoms with Crippen molar-refractivity contribution in [3.63, 3.8) is 0 Å². The van der Waals surface area contributed by atoms with Gasteiger partial charge in [0.05, 0.1) is 11.5 Å². The lowest BCUT2D eigenvalue weighted by Gasteiger charge is -2.35. The summed E-state index contributed by atoms with van der Waals surface area (Å²) in [6.45, 7) is 10.4. The minimum Gasteiger partial charge on any atom is -0.198 e. The zero-order valence-electron chi connectivity index (χ0n) is 9.96. The molecule has 0 fully saturated rings. The fraction of sp³-hybridized carbons (Fsp3) is 0.769. The molecule has 0 heterocycles. The van der Waals surface area contributed by atoms with Gasteiger partial charge in [-0.3, -0.25) is 0 Å². The molecule has 0 aromatic carbocycles. The Morgan fingerprint density at radius 1 is 1.36 bits per heavy atom. The van der Waals surface area contributed by atoms with Crippen LogP contribution in [0, 0.1) is 46.8 Å². The molecule has 78 valence electrons. The maximum Gasteiger partial charge on any atom is 0.0708 e. The van der Waals surface area contributed by atoms with Crippen molar-refractivity contribution >= 4 is 0 Å². The van der Waals surface area contributed by atoms with Crippen molar-refractivity contribution in [2.75, 3.05) is 0 Å². The monoisotopic (exact) mass is 191 g/mol. The number of rotatable bonds is 4. The summed E-state index contributed by atoms with van der Waals surface area (Å²) in [7, 11) is 0. The number of nitriles is 1. The van der Waals surface area contributed by atoms with Gasteiger partial charge < -0.3 is 0 Å². The third-order valence-electron chi connectivity index (χ3n) is 3.83. The van der Waals surface area contributed by atoms with E-state index in [4.69, 9.17) is 6.42 Å². The van der Waals surface area contributed by atoms with E-state index in [0.29, 0.717) is 11.8 Å². The van der Waals surface area contributed by atoms with Crippen LogP contribution < -0.4 is 0 Å². The number of nitrogens with zero attached hydrogens (tertiary/aromatic N) is 1. The number of terminal acetylenes is 1. The van der Waals surface area contributed by atoms with Crippen LogP contribution in [0.5, 0.6) is 0 Å². The number of hydrogen-bond acceptors (Lipinski definition) is 1. The summed E-state index contributed by atoms with van der Waals surface area (Å²) in [5.41, 5.74) is -0.399. The highest BCUT2D eigenvalue weighted by molar-refractivity contribution is 5.11. The maximum absolute atomic E-state index is 9.26. The minimum absolute atomic E-state index is 0.0106. The lowest BCUT2D eigenvalue weighted by molar-refractivity contribution is 0.164. The van der Waals surface area contributed by atoms with Crippen LogP contribution in [-0.4, -0.2) is 0 Å². The van der Waals surface area contributed by atoms with E-state index in [2.05, 4.69) is 32.8 Å². The van der Waals surface area contributed by atoms with Crippen molar-refractivity contribution < 1.29 is 0 Å². The molecule has 1 nitrogen and oxygen atoms in total. The molecule has 0 aliphatic heterocycles. The molecule has 2 unspecified atom stereocenters. The van der Waals surface area contributed by atoms with Crippen molar-refractivity contribution in [1.82, 2.24) is 0 Å². The van der Waals surface area contributed by atoms with E-state index < -0.39 is 5.41 Å². The van der Waals surface area contributed by atoms with Gasteiger partial charge in [-0.05, 0) is 25.7 Å². The van der Waals surface area contributed by atoms with E-state index >= 15 is 0 Å². The van der Waals surface area contributed by atoms with Crippen molar-refractivity contribution in [2.45, 2.75) is 41.0 Å². The molecule has 0 spiro atoms. The van der Waals surface area contributed by atoms with Gasteiger partial charge in [0.25, 0.3) is 0 Å². The Balaban J connectivity index is 4.90. The van der Waals surface area contributed by atoms with E-state index in [1.807, 2.05) is 13.8 Å². The zero-order valence-corrected chi connectivity index (χ0v) is 9.96. The van der Waals surface area contributed by atoms with E-state index in [1.165, 1.54) is 0 Å². The summed E-state index contributed by atoms with van der Waals surface area (Å²) < 4.78 is 0. The summed E-state index contributed by atoms with van der Waals surface area (Å²) in [5, 5.41) is 9.26. The molecule has 0 aromatic rings. The van der Waals surface area contributed by atoms with E-state index in [1.54, 1.807) is 0 Å². The molecule has 0 bridgehead atoms. The largest absolute Gasteiger partial charge is 0.198 e. The van der Waals surface area contributed by atoms with Crippen LogP contribution in [0.2, 0.25) is 0 Å². The zero-order chi connectivity index (χ0) is 11.4. The SMILES string of the molecule is C#C[C@@H](C)[C@@](C)(C#N)C(C)C(C)CC. The molecule has 0 rings (SSSR count). The normalized spacial score (nSPS) is 21.1. The first-order chi connectivity index (χ1) is 6.43. The predicted octanol–water partition coefficient (Wildman–Crippen LogP) is 3.47. The fourth-order valence-electron chi connectivity index (χ4n) is 1.71. The molecule has 1 heteroatoms. The topological polar surface area (TPSA) is 23.8 Å². The van der Waals surface area contributed by atoms with Gasteiger partial charge in [-0.2, -0.15) is 5.26 Å². The van der Waals surface area contributed by atoms with Gasteiger partial charge in [-0.1, -0.05) is 27.2 Å². The summed E-state index contributed by atoms with van der Waals surface area (Å²) in [5.74, 6) is 3.58. The van der Waals surface area contributed by atoms with Crippen LogP contribution in [0.3, 0.4) is 0 Å². The van der Waals surface area contributed by atoms with Gasteiger partial charge in [-0.25, -0.2) is 0 Å². The Morgan fingerprint density at radius 2 is 1.86 bits per heavy atom. The second kappa shape index (κ2) is 5.06. The van der Waals surface area contributed by atoms with E-state index in [-0.39, 0.29) is 5.92 Å². The molecule has 0 saturated heterocycles. The molecular weight excluding hydrogens is 170 g/mol. The van der Waals surface area contributed by atoms with Crippen LogP contribution >= 0.6 is 0 Å². The van der Waals surface area contributed by atoms with Crippen molar-refractivity contribution in [2.24, 2.45) is 23.2 Å². The Bertz CT molecular complexity index is 255. The van der Waals surface area contributed by atoms with Crippen LogP contribution in [0.4, 0.5) is 0 Å². The molecule has 4 atom stereocenters. The quantitative estimate of drug-likeness (QED) is 0.624. The Morgan fingerprint density at radius 3 is 2.14 bits per heavy atom. The van der Waals surface area contributed by atoms with Gasteiger partial charge >= 0.3 is 0 Å². The highest BCUT2D eigenvalue weighted by Gasteiger charge is 2.38. The first-order valence-electron chi connectivity index (χ1n) is 5.31. The lowest BCUT2D eigenvalue weighted by atomic mass is 9.66. The minimum atomic E-state index is -0.399. The van der Waals surface area contributed by atoms with Gasteiger partial charge in [0.15, 0.2) is 0 Å². The molecule has 0 aromatic heterocycles. The fourth-order valence-corrected chi connectivity index (χ4v) is 1.71. The van der Waals surface area contributed by atoms with E-state index in [0.717, 1.165) is 6.42 Å². The molecule has 0 aliphatic rings. The smallest absolute Gasteiger partial charge is 0.0708 e. The van der Waals surface area contributed by atoms with Gasteiger partial charge in [0, 0.05) is 5.92 Å². The third kappa shape index (κ3) is 2.30. The first kappa shape index (κ1) is 13.1. The second-order valence-electron chi connectivity index (χ2n) is 4.46. The standard InChI is InChI=1S/C13H21N/c1-7-10(3)12(5)13(6,9-14)11(4)8-2/h2,10-12H,7H2,1,3-6H3/t10?,11-,12?,13-/m1/s1. The summed E-state index contributed by atoms with van der Waals surface area (Å²) >= 11 is 0. The lowest BCUT2D eigenvalue weighted by Crippen LogP contribution is -2.34. The van der Waals surface area contributed by atoms with Crippen LogP contribution in [0.25, 0.3) is 0 Å². The van der Waals surface area contributed by atoms with E-state index in [9.17, 15) is 5.26 Å². The molecule has 14 heavy (non-hydrogen) atoms. The highest BCUT2D eigenvalue weighted by atomic mass is 14.4. The van der Waals surface area contributed by atoms with Crippen LogP contribution in [0.15, 0.2) is 0 Å². The summed E-state index contributed by atoms with van der Waals surface area (Å²) in [4.78, 5) is 0. The molecule has 0 aliphatic carbocycles. The second-order valence-corrected chi connectivity index (χ2v) is 4.46. The van der Waals surface area contributed by atoms with Gasteiger partial charge in [-0.15, -0.1) is 12.3 Å².